The zero-order chi connectivity index (χ0) is 9.97. The van der Waals surface area contributed by atoms with Crippen molar-refractivity contribution >= 4 is 29.1 Å². The minimum Gasteiger partial charge on any atom is -0.440 e. The van der Waals surface area contributed by atoms with E-state index in [1.807, 2.05) is 0 Å². The first-order chi connectivity index (χ1) is 6.77. The van der Waals surface area contributed by atoms with Crippen LogP contribution in [0.15, 0.2) is 45.2 Å². The van der Waals surface area contributed by atoms with Gasteiger partial charge in [-0.2, -0.15) is 0 Å². The van der Waals surface area contributed by atoms with E-state index in [-0.39, 0.29) is 0 Å². The van der Waals surface area contributed by atoms with Gasteiger partial charge in [-0.05, 0) is 23.9 Å². The molecule has 0 saturated carbocycles. The number of halogens is 1. The second-order valence-corrected chi connectivity index (χ2v) is 3.93. The second-order valence-electron chi connectivity index (χ2n) is 2.56. The lowest BCUT2D eigenvalue weighted by Gasteiger charge is -2.03. The number of hydrogen-bond acceptors (Lipinski definition) is 4. The van der Waals surface area contributed by atoms with Gasteiger partial charge in [0.2, 0.25) is 0 Å². The van der Waals surface area contributed by atoms with E-state index in [1.165, 1.54) is 18.0 Å². The molecule has 0 spiro atoms. The lowest BCUT2D eigenvalue weighted by Crippen LogP contribution is -1.88. The lowest BCUT2D eigenvalue weighted by molar-refractivity contribution is 0.454. The Morgan fingerprint density at radius 2 is 2.29 bits per heavy atom. The van der Waals surface area contributed by atoms with E-state index in [2.05, 4.69) is 4.98 Å². The van der Waals surface area contributed by atoms with Crippen molar-refractivity contribution < 1.29 is 4.42 Å². The third-order valence-corrected chi connectivity index (χ3v) is 3.06. The fraction of sp³-hybridized carbons (Fsp3) is 0. The summed E-state index contributed by atoms with van der Waals surface area (Å²) in [7, 11) is 0. The van der Waals surface area contributed by atoms with Gasteiger partial charge in [0.15, 0.2) is 0 Å². The number of hydrogen-bond donors (Lipinski definition) is 1. The van der Waals surface area contributed by atoms with Crippen LogP contribution in [-0.4, -0.2) is 4.98 Å². The molecule has 0 amide bonds. The summed E-state index contributed by atoms with van der Waals surface area (Å²) < 4.78 is 5.09. The van der Waals surface area contributed by atoms with Crippen LogP contribution in [0.3, 0.4) is 0 Å². The predicted octanol–water partition coefficient (Wildman–Crippen LogP) is 3.06. The zero-order valence-electron chi connectivity index (χ0n) is 7.11. The first kappa shape index (κ1) is 9.43. The number of nitrogens with two attached hydrogens (primary N) is 1. The highest BCUT2D eigenvalue weighted by Gasteiger charge is 2.08. The molecule has 0 bridgehead atoms. The van der Waals surface area contributed by atoms with Gasteiger partial charge in [-0.15, -0.1) is 0 Å². The van der Waals surface area contributed by atoms with Crippen molar-refractivity contribution in [1.82, 2.24) is 4.98 Å². The standard InChI is InChI=1S/C9H7ClN2OS/c10-6-2-1-3-7(11)8(6)14-9-12-4-5-13-9/h1-5H,11H2. The van der Waals surface area contributed by atoms with Crippen molar-refractivity contribution in [3.05, 3.63) is 35.7 Å². The Balaban J connectivity index is 2.33. The smallest absolute Gasteiger partial charge is 0.260 e. The Hall–Kier alpha value is -1.13. The molecule has 0 aliphatic carbocycles. The van der Waals surface area contributed by atoms with Gasteiger partial charge in [0.1, 0.15) is 6.26 Å². The van der Waals surface area contributed by atoms with E-state index >= 15 is 0 Å². The van der Waals surface area contributed by atoms with Crippen LogP contribution < -0.4 is 5.73 Å². The van der Waals surface area contributed by atoms with Gasteiger partial charge in [0.25, 0.3) is 5.22 Å². The van der Waals surface area contributed by atoms with E-state index < -0.39 is 0 Å². The molecule has 0 unspecified atom stereocenters. The molecular weight excluding hydrogens is 220 g/mol. The molecule has 0 aliphatic rings. The van der Waals surface area contributed by atoms with Gasteiger partial charge in [0, 0.05) is 5.69 Å². The first-order valence-corrected chi connectivity index (χ1v) is 5.08. The molecule has 5 heteroatoms. The molecule has 0 fully saturated rings. The molecule has 72 valence electrons. The largest absolute Gasteiger partial charge is 0.440 e. The highest BCUT2D eigenvalue weighted by Crippen LogP contribution is 2.36. The highest BCUT2D eigenvalue weighted by atomic mass is 35.5. The lowest BCUT2D eigenvalue weighted by atomic mass is 10.3. The minimum absolute atomic E-state index is 0.532. The summed E-state index contributed by atoms with van der Waals surface area (Å²) in [6, 6.07) is 5.37. The minimum atomic E-state index is 0.532. The summed E-state index contributed by atoms with van der Waals surface area (Å²) >= 11 is 7.29. The van der Waals surface area contributed by atoms with Crippen LogP contribution in [0.5, 0.6) is 0 Å². The molecule has 2 rings (SSSR count). The molecule has 1 aromatic carbocycles. The monoisotopic (exact) mass is 226 g/mol. The summed E-state index contributed by atoms with van der Waals surface area (Å²) in [4.78, 5) is 4.75. The maximum absolute atomic E-state index is 5.98. The van der Waals surface area contributed by atoms with Crippen LogP contribution >= 0.6 is 23.4 Å². The Morgan fingerprint density at radius 3 is 2.93 bits per heavy atom. The predicted molar refractivity (Wildman–Crippen MR) is 56.5 cm³/mol. The fourth-order valence-electron chi connectivity index (χ4n) is 0.981. The number of benzene rings is 1. The van der Waals surface area contributed by atoms with Crippen LogP contribution in [0.1, 0.15) is 0 Å². The van der Waals surface area contributed by atoms with Crippen LogP contribution in [0.25, 0.3) is 0 Å². The Kier molecular flexibility index (Phi) is 2.65. The second kappa shape index (κ2) is 3.94. The van der Waals surface area contributed by atoms with Crippen molar-refractivity contribution in [1.29, 1.82) is 0 Å². The number of oxazole rings is 1. The van der Waals surface area contributed by atoms with Crippen LogP contribution in [0.2, 0.25) is 5.02 Å². The average molecular weight is 227 g/mol. The van der Waals surface area contributed by atoms with E-state index in [1.54, 1.807) is 24.4 Å². The average Bonchev–Trinajstić information content (AvgIpc) is 2.64. The molecular formula is C9H7ClN2OS. The maximum atomic E-state index is 5.98. The molecule has 0 atom stereocenters. The molecule has 0 saturated heterocycles. The number of aromatic nitrogens is 1. The van der Waals surface area contributed by atoms with E-state index in [0.29, 0.717) is 15.9 Å². The van der Waals surface area contributed by atoms with Crippen molar-refractivity contribution in [2.75, 3.05) is 5.73 Å². The van der Waals surface area contributed by atoms with Crippen molar-refractivity contribution in [2.45, 2.75) is 10.1 Å². The molecule has 2 aromatic rings. The third-order valence-electron chi connectivity index (χ3n) is 1.60. The summed E-state index contributed by atoms with van der Waals surface area (Å²) in [6.07, 6.45) is 3.09. The SMILES string of the molecule is Nc1cccc(Cl)c1Sc1ncco1. The van der Waals surface area contributed by atoms with E-state index in [9.17, 15) is 0 Å². The number of rotatable bonds is 2. The number of nitrogen functional groups attached to an aromatic ring is 1. The molecule has 0 radical (unpaired) electrons. The third kappa shape index (κ3) is 1.86. The zero-order valence-corrected chi connectivity index (χ0v) is 8.68. The summed E-state index contributed by atoms with van der Waals surface area (Å²) in [5.41, 5.74) is 6.39. The van der Waals surface area contributed by atoms with Crippen molar-refractivity contribution in [2.24, 2.45) is 0 Å². The van der Waals surface area contributed by atoms with Crippen LogP contribution in [0, 0.1) is 0 Å². The summed E-state index contributed by atoms with van der Waals surface area (Å²) in [5.74, 6) is 0. The molecule has 3 nitrogen and oxygen atoms in total. The Bertz CT molecular complexity index is 410. The Labute approximate surface area is 90.3 Å². The van der Waals surface area contributed by atoms with Crippen LogP contribution in [0.4, 0.5) is 5.69 Å². The highest BCUT2D eigenvalue weighted by molar-refractivity contribution is 7.99. The van der Waals surface area contributed by atoms with Gasteiger partial charge >= 0.3 is 0 Å². The van der Waals surface area contributed by atoms with Crippen LogP contribution in [-0.2, 0) is 0 Å². The molecule has 14 heavy (non-hydrogen) atoms. The maximum Gasteiger partial charge on any atom is 0.260 e. The van der Waals surface area contributed by atoms with Crippen molar-refractivity contribution in [3.8, 4) is 0 Å². The van der Waals surface area contributed by atoms with E-state index in [0.717, 1.165) is 4.90 Å². The summed E-state index contributed by atoms with van der Waals surface area (Å²) in [6.45, 7) is 0. The molecule has 1 heterocycles. The quantitative estimate of drug-likeness (QED) is 0.800. The van der Waals surface area contributed by atoms with Gasteiger partial charge in [-0.25, -0.2) is 4.98 Å². The van der Waals surface area contributed by atoms with Gasteiger partial charge < -0.3 is 10.2 Å². The van der Waals surface area contributed by atoms with Crippen molar-refractivity contribution in [3.63, 3.8) is 0 Å². The summed E-state index contributed by atoms with van der Waals surface area (Å²) in [5, 5.41) is 1.14. The number of nitrogens with zero attached hydrogens (tertiary/aromatic N) is 1. The normalized spacial score (nSPS) is 10.4. The number of anilines is 1. The first-order valence-electron chi connectivity index (χ1n) is 3.88. The van der Waals surface area contributed by atoms with Gasteiger partial charge in [-0.3, -0.25) is 0 Å². The Morgan fingerprint density at radius 1 is 1.43 bits per heavy atom. The van der Waals surface area contributed by atoms with Gasteiger partial charge in [0.05, 0.1) is 16.1 Å². The fourth-order valence-corrected chi connectivity index (χ4v) is 2.02. The molecule has 0 aliphatic heterocycles. The topological polar surface area (TPSA) is 52.0 Å². The van der Waals surface area contributed by atoms with E-state index in [4.69, 9.17) is 21.8 Å². The molecule has 2 N–H and O–H groups in total. The van der Waals surface area contributed by atoms with Gasteiger partial charge in [-0.1, -0.05) is 17.7 Å². The molecule has 1 aromatic heterocycles.